The molecule has 0 aromatic carbocycles. The molecule has 1 amide bonds. The molecule has 4 nitrogen and oxygen atoms in total. The first kappa shape index (κ1) is 15.3. The highest BCUT2D eigenvalue weighted by molar-refractivity contribution is 9.11. The van der Waals surface area contributed by atoms with Crippen LogP contribution >= 0.6 is 27.3 Å². The smallest absolute Gasteiger partial charge is 0.410 e. The number of ether oxygens (including phenoxy) is 1. The number of fused-ring (bicyclic) bond motifs is 1. The molecule has 2 fully saturated rings. The third kappa shape index (κ3) is 3.60. The molecule has 1 aromatic rings. The minimum absolute atomic E-state index is 0.171. The van der Waals surface area contributed by atoms with Crippen molar-refractivity contribution in [3.63, 3.8) is 0 Å². The van der Waals surface area contributed by atoms with Crippen molar-refractivity contribution >= 4 is 33.4 Å². The predicted octanol–water partition coefficient (Wildman–Crippen LogP) is 3.47. The van der Waals surface area contributed by atoms with Crippen LogP contribution in [0.25, 0.3) is 0 Å². The van der Waals surface area contributed by atoms with E-state index in [-0.39, 0.29) is 6.09 Å². The van der Waals surface area contributed by atoms with E-state index >= 15 is 0 Å². The molecular formula is C15H21BrN2O2S. The van der Waals surface area contributed by atoms with E-state index in [2.05, 4.69) is 33.4 Å². The van der Waals surface area contributed by atoms with Gasteiger partial charge in [-0.3, -0.25) is 0 Å². The number of halogens is 1. The third-order valence-electron chi connectivity index (χ3n) is 3.99. The molecule has 2 aliphatic rings. The molecule has 1 aromatic heterocycles. The summed E-state index contributed by atoms with van der Waals surface area (Å²) in [6, 6.07) is 4.79. The van der Waals surface area contributed by atoms with Crippen LogP contribution in [0.3, 0.4) is 0 Å². The number of nitrogens with one attached hydrogen (secondary N) is 1. The van der Waals surface area contributed by atoms with E-state index in [4.69, 9.17) is 4.74 Å². The molecule has 0 radical (unpaired) electrons. The fourth-order valence-electron chi connectivity index (χ4n) is 2.97. The second-order valence-corrected chi connectivity index (χ2v) is 9.37. The molecule has 1 aliphatic carbocycles. The van der Waals surface area contributed by atoms with Crippen LogP contribution in [0, 0.1) is 11.8 Å². The topological polar surface area (TPSA) is 41.6 Å². The van der Waals surface area contributed by atoms with Crippen molar-refractivity contribution in [2.24, 2.45) is 11.8 Å². The van der Waals surface area contributed by atoms with Crippen molar-refractivity contribution in [2.75, 3.05) is 13.1 Å². The lowest BCUT2D eigenvalue weighted by molar-refractivity contribution is 0.0269. The predicted molar refractivity (Wildman–Crippen MR) is 87.4 cm³/mol. The van der Waals surface area contributed by atoms with Gasteiger partial charge in [0.05, 0.1) is 3.79 Å². The average molecular weight is 373 g/mol. The Kier molecular flexibility index (Phi) is 4.05. The lowest BCUT2D eigenvalue weighted by Crippen LogP contribution is -2.39. The molecule has 1 aliphatic heterocycles. The molecule has 116 valence electrons. The molecule has 6 heteroatoms. The maximum absolute atomic E-state index is 12.0. The molecule has 2 unspecified atom stereocenters. The number of hydrogen-bond donors (Lipinski definition) is 1. The Bertz CT molecular complexity index is 528. The number of thiophene rings is 1. The van der Waals surface area contributed by atoms with Crippen molar-refractivity contribution in [1.29, 1.82) is 0 Å². The van der Waals surface area contributed by atoms with Gasteiger partial charge in [0.1, 0.15) is 5.60 Å². The zero-order valence-electron chi connectivity index (χ0n) is 12.6. The van der Waals surface area contributed by atoms with E-state index in [1.54, 1.807) is 11.3 Å². The van der Waals surface area contributed by atoms with Crippen LogP contribution < -0.4 is 5.32 Å². The van der Waals surface area contributed by atoms with Crippen LogP contribution in [-0.2, 0) is 11.3 Å². The van der Waals surface area contributed by atoms with Gasteiger partial charge in [0.15, 0.2) is 0 Å². The summed E-state index contributed by atoms with van der Waals surface area (Å²) >= 11 is 5.25. The molecule has 21 heavy (non-hydrogen) atoms. The highest BCUT2D eigenvalue weighted by Crippen LogP contribution is 2.46. The molecule has 2 atom stereocenters. The van der Waals surface area contributed by atoms with Crippen LogP contribution in [0.5, 0.6) is 0 Å². The van der Waals surface area contributed by atoms with Gasteiger partial charge in [-0.15, -0.1) is 11.3 Å². The van der Waals surface area contributed by atoms with Crippen LogP contribution in [-0.4, -0.2) is 35.7 Å². The molecule has 3 rings (SSSR count). The summed E-state index contributed by atoms with van der Waals surface area (Å²) in [5.41, 5.74) is -0.409. The first-order valence-corrected chi connectivity index (χ1v) is 8.90. The van der Waals surface area contributed by atoms with Gasteiger partial charge in [0, 0.05) is 30.6 Å². The molecular weight excluding hydrogens is 352 g/mol. The SMILES string of the molecule is CC(C)(C)OC(=O)N1CC2C(C1)C2NCc1ccc(Br)s1. The van der Waals surface area contributed by atoms with Crippen LogP contribution in [0.2, 0.25) is 0 Å². The highest BCUT2D eigenvalue weighted by atomic mass is 79.9. The van der Waals surface area contributed by atoms with Gasteiger partial charge >= 0.3 is 6.09 Å². The Morgan fingerprint density at radius 3 is 2.62 bits per heavy atom. The summed E-state index contributed by atoms with van der Waals surface area (Å²) in [6.07, 6.45) is -0.171. The van der Waals surface area contributed by atoms with Gasteiger partial charge in [-0.05, 0) is 60.7 Å². The zero-order chi connectivity index (χ0) is 15.2. The quantitative estimate of drug-likeness (QED) is 0.882. The Morgan fingerprint density at radius 1 is 1.43 bits per heavy atom. The average Bonchev–Trinajstić information content (AvgIpc) is 2.77. The number of nitrogens with zero attached hydrogens (tertiary/aromatic N) is 1. The first-order chi connectivity index (χ1) is 9.83. The van der Waals surface area contributed by atoms with E-state index < -0.39 is 5.60 Å². The van der Waals surface area contributed by atoms with Crippen molar-refractivity contribution < 1.29 is 9.53 Å². The van der Waals surface area contributed by atoms with E-state index in [1.807, 2.05) is 25.7 Å². The second kappa shape index (κ2) is 5.56. The number of rotatable bonds is 3. The number of carbonyl (C=O) groups excluding carboxylic acids is 1. The van der Waals surface area contributed by atoms with Crippen molar-refractivity contribution in [2.45, 2.75) is 39.0 Å². The summed E-state index contributed by atoms with van der Waals surface area (Å²) in [7, 11) is 0. The van der Waals surface area contributed by atoms with Gasteiger partial charge < -0.3 is 15.0 Å². The van der Waals surface area contributed by atoms with Crippen LogP contribution in [0.15, 0.2) is 15.9 Å². The third-order valence-corrected chi connectivity index (χ3v) is 5.61. The largest absolute Gasteiger partial charge is 0.444 e. The molecule has 0 bridgehead atoms. The van der Waals surface area contributed by atoms with E-state index in [0.29, 0.717) is 17.9 Å². The van der Waals surface area contributed by atoms with Gasteiger partial charge in [0.25, 0.3) is 0 Å². The monoisotopic (exact) mass is 372 g/mol. The van der Waals surface area contributed by atoms with E-state index in [9.17, 15) is 4.79 Å². The molecule has 2 heterocycles. The number of piperidine rings is 1. The normalized spacial score (nSPS) is 27.6. The van der Waals surface area contributed by atoms with Gasteiger partial charge in [0.2, 0.25) is 0 Å². The van der Waals surface area contributed by atoms with Crippen LogP contribution in [0.4, 0.5) is 4.79 Å². The molecule has 0 spiro atoms. The number of carbonyl (C=O) groups is 1. The minimum Gasteiger partial charge on any atom is -0.444 e. The first-order valence-electron chi connectivity index (χ1n) is 7.29. The Labute approximate surface area is 138 Å². The minimum atomic E-state index is -0.409. The molecule has 1 saturated carbocycles. The molecule has 1 saturated heterocycles. The number of likely N-dealkylation sites (tertiary alicyclic amines) is 1. The highest BCUT2D eigenvalue weighted by Gasteiger charge is 2.56. The van der Waals surface area contributed by atoms with Crippen molar-refractivity contribution in [3.8, 4) is 0 Å². The fourth-order valence-corrected chi connectivity index (χ4v) is 4.40. The lowest BCUT2D eigenvalue weighted by atomic mass is 10.2. The van der Waals surface area contributed by atoms with Crippen molar-refractivity contribution in [3.05, 3.63) is 20.8 Å². The summed E-state index contributed by atoms with van der Waals surface area (Å²) in [5, 5.41) is 3.61. The maximum atomic E-state index is 12.0. The number of hydrogen-bond acceptors (Lipinski definition) is 4. The standard InChI is InChI=1S/C15H21BrN2O2S/c1-15(2,3)20-14(19)18-7-10-11(8-18)13(10)17-6-9-4-5-12(16)21-9/h4-5,10-11,13,17H,6-8H2,1-3H3. The Balaban J connectivity index is 1.43. The van der Waals surface area contributed by atoms with Crippen molar-refractivity contribution in [1.82, 2.24) is 10.2 Å². The summed E-state index contributed by atoms with van der Waals surface area (Å²) in [5.74, 6) is 1.20. The maximum Gasteiger partial charge on any atom is 0.410 e. The zero-order valence-corrected chi connectivity index (χ0v) is 15.0. The Morgan fingerprint density at radius 2 is 2.10 bits per heavy atom. The summed E-state index contributed by atoms with van der Waals surface area (Å²) in [4.78, 5) is 15.2. The summed E-state index contributed by atoms with van der Waals surface area (Å²) < 4.78 is 6.59. The van der Waals surface area contributed by atoms with Gasteiger partial charge in [-0.25, -0.2) is 4.79 Å². The van der Waals surface area contributed by atoms with E-state index in [0.717, 1.165) is 19.6 Å². The second-order valence-electron chi connectivity index (χ2n) is 6.83. The molecule has 1 N–H and O–H groups in total. The van der Waals surface area contributed by atoms with E-state index in [1.165, 1.54) is 8.66 Å². The lowest BCUT2D eigenvalue weighted by Gasteiger charge is -2.26. The van der Waals surface area contributed by atoms with Crippen LogP contribution in [0.1, 0.15) is 25.6 Å². The number of amides is 1. The van der Waals surface area contributed by atoms with Gasteiger partial charge in [-0.1, -0.05) is 0 Å². The summed E-state index contributed by atoms with van der Waals surface area (Å²) in [6.45, 7) is 8.29. The van der Waals surface area contributed by atoms with Gasteiger partial charge in [-0.2, -0.15) is 0 Å². The fraction of sp³-hybridized carbons (Fsp3) is 0.667. The Hall–Kier alpha value is -0.590.